The first-order valence-electron chi connectivity index (χ1n) is 10.2. The van der Waals surface area contributed by atoms with Crippen molar-refractivity contribution < 1.29 is 4.79 Å². The van der Waals surface area contributed by atoms with E-state index in [9.17, 15) is 4.79 Å². The van der Waals surface area contributed by atoms with Gasteiger partial charge in [0.05, 0.1) is 5.75 Å². The van der Waals surface area contributed by atoms with Gasteiger partial charge < -0.3 is 10.2 Å². The van der Waals surface area contributed by atoms with Crippen LogP contribution in [-0.4, -0.2) is 48.5 Å². The van der Waals surface area contributed by atoms with Crippen LogP contribution in [0, 0.1) is 0 Å². The van der Waals surface area contributed by atoms with Crippen LogP contribution >= 0.6 is 11.8 Å². The molecule has 5 heteroatoms. The van der Waals surface area contributed by atoms with Gasteiger partial charge in [0, 0.05) is 45.0 Å². The predicted octanol–water partition coefficient (Wildman–Crippen LogP) is 3.77. The fourth-order valence-corrected chi connectivity index (χ4v) is 4.20. The van der Waals surface area contributed by atoms with Crippen LogP contribution < -0.4 is 10.2 Å². The van der Waals surface area contributed by atoms with E-state index in [0.29, 0.717) is 12.3 Å². The van der Waals surface area contributed by atoms with Gasteiger partial charge in [-0.15, -0.1) is 0 Å². The maximum Gasteiger partial charge on any atom is 0.230 e. The van der Waals surface area contributed by atoms with E-state index in [1.807, 2.05) is 0 Å². The standard InChI is InChI=1S/C23H31N3OS/c1-2-16-28-19-23(27)24-17-20-8-6-7-9-21(20)18-25-12-14-26(15-13-25)22-10-4-3-5-11-22/h3-11H,2,12-19H2,1H3,(H,24,27). The Hall–Kier alpha value is -1.98. The number of benzene rings is 2. The molecule has 1 aliphatic rings. The summed E-state index contributed by atoms with van der Waals surface area (Å²) in [5.41, 5.74) is 3.85. The average Bonchev–Trinajstić information content (AvgIpc) is 2.74. The lowest BCUT2D eigenvalue weighted by atomic mass is 10.1. The summed E-state index contributed by atoms with van der Waals surface area (Å²) >= 11 is 1.70. The summed E-state index contributed by atoms with van der Waals surface area (Å²) < 4.78 is 0. The van der Waals surface area contributed by atoms with E-state index in [4.69, 9.17) is 0 Å². The molecule has 0 radical (unpaired) electrons. The molecule has 4 nitrogen and oxygen atoms in total. The molecular weight excluding hydrogens is 366 g/mol. The minimum absolute atomic E-state index is 0.129. The van der Waals surface area contributed by atoms with Gasteiger partial charge in [0.25, 0.3) is 0 Å². The third-order valence-corrected chi connectivity index (χ3v) is 6.23. The molecule has 1 fully saturated rings. The van der Waals surface area contributed by atoms with Gasteiger partial charge in [0.15, 0.2) is 0 Å². The van der Waals surface area contributed by atoms with Gasteiger partial charge in [0.2, 0.25) is 5.91 Å². The molecule has 28 heavy (non-hydrogen) atoms. The Morgan fingerprint density at radius 2 is 1.64 bits per heavy atom. The minimum Gasteiger partial charge on any atom is -0.369 e. The number of rotatable bonds is 9. The third-order valence-electron chi connectivity index (χ3n) is 5.06. The fraction of sp³-hybridized carbons (Fsp3) is 0.435. The van der Waals surface area contributed by atoms with Crippen molar-refractivity contribution in [1.29, 1.82) is 0 Å². The van der Waals surface area contributed by atoms with Gasteiger partial charge in [0.1, 0.15) is 0 Å². The van der Waals surface area contributed by atoms with E-state index < -0.39 is 0 Å². The first kappa shape index (κ1) is 20.7. The quantitative estimate of drug-likeness (QED) is 0.654. The summed E-state index contributed by atoms with van der Waals surface area (Å²) in [5, 5.41) is 3.08. The van der Waals surface area contributed by atoms with Crippen molar-refractivity contribution >= 4 is 23.4 Å². The molecule has 2 aromatic carbocycles. The number of hydrogen-bond acceptors (Lipinski definition) is 4. The molecule has 150 valence electrons. The van der Waals surface area contributed by atoms with E-state index in [1.165, 1.54) is 16.8 Å². The van der Waals surface area contributed by atoms with Crippen LogP contribution in [0.4, 0.5) is 5.69 Å². The largest absolute Gasteiger partial charge is 0.369 e. The number of hydrogen-bond donors (Lipinski definition) is 1. The van der Waals surface area contributed by atoms with E-state index >= 15 is 0 Å². The van der Waals surface area contributed by atoms with Crippen LogP contribution in [-0.2, 0) is 17.9 Å². The Bertz CT molecular complexity index is 730. The second-order valence-electron chi connectivity index (χ2n) is 7.20. The van der Waals surface area contributed by atoms with Gasteiger partial charge in [-0.05, 0) is 35.4 Å². The van der Waals surface area contributed by atoms with Crippen molar-refractivity contribution in [2.24, 2.45) is 0 Å². The Balaban J connectivity index is 1.49. The van der Waals surface area contributed by atoms with Crippen molar-refractivity contribution in [3.05, 3.63) is 65.7 Å². The number of piperazine rings is 1. The number of anilines is 1. The SMILES string of the molecule is CCCSCC(=O)NCc1ccccc1CN1CCN(c2ccccc2)CC1. The van der Waals surface area contributed by atoms with E-state index in [-0.39, 0.29) is 5.91 Å². The van der Waals surface area contributed by atoms with Crippen LogP contribution in [0.25, 0.3) is 0 Å². The van der Waals surface area contributed by atoms with Crippen molar-refractivity contribution in [3.63, 3.8) is 0 Å². The zero-order valence-electron chi connectivity index (χ0n) is 16.8. The fourth-order valence-electron chi connectivity index (χ4n) is 3.48. The molecule has 0 aliphatic carbocycles. The van der Waals surface area contributed by atoms with Crippen molar-refractivity contribution in [1.82, 2.24) is 10.2 Å². The number of amides is 1. The van der Waals surface area contributed by atoms with Gasteiger partial charge in [-0.2, -0.15) is 11.8 Å². The van der Waals surface area contributed by atoms with Crippen LogP contribution in [0.2, 0.25) is 0 Å². The first-order chi connectivity index (χ1) is 13.8. The highest BCUT2D eigenvalue weighted by Gasteiger charge is 2.18. The van der Waals surface area contributed by atoms with Crippen LogP contribution in [0.15, 0.2) is 54.6 Å². The van der Waals surface area contributed by atoms with Crippen LogP contribution in [0.1, 0.15) is 24.5 Å². The highest BCUT2D eigenvalue weighted by atomic mass is 32.2. The molecule has 0 atom stereocenters. The topological polar surface area (TPSA) is 35.6 Å². The molecule has 0 bridgehead atoms. The zero-order chi connectivity index (χ0) is 19.6. The van der Waals surface area contributed by atoms with Crippen molar-refractivity contribution in [2.75, 3.05) is 42.6 Å². The predicted molar refractivity (Wildman–Crippen MR) is 120 cm³/mol. The lowest BCUT2D eigenvalue weighted by Crippen LogP contribution is -2.46. The lowest BCUT2D eigenvalue weighted by molar-refractivity contribution is -0.118. The molecule has 0 aromatic heterocycles. The molecule has 1 amide bonds. The monoisotopic (exact) mass is 397 g/mol. The molecule has 0 spiro atoms. The van der Waals surface area contributed by atoms with E-state index in [1.54, 1.807) is 11.8 Å². The average molecular weight is 398 g/mol. The number of carbonyl (C=O) groups excluding carboxylic acids is 1. The number of nitrogens with one attached hydrogen (secondary N) is 1. The molecule has 1 aliphatic heterocycles. The Kier molecular flexibility index (Phi) is 8.24. The van der Waals surface area contributed by atoms with Crippen LogP contribution in [0.3, 0.4) is 0 Å². The molecule has 0 saturated carbocycles. The summed E-state index contributed by atoms with van der Waals surface area (Å²) in [5.74, 6) is 1.72. The highest BCUT2D eigenvalue weighted by molar-refractivity contribution is 7.99. The summed E-state index contributed by atoms with van der Waals surface area (Å²) in [4.78, 5) is 17.0. The third kappa shape index (κ3) is 6.28. The Labute approximate surface area is 173 Å². The van der Waals surface area contributed by atoms with Gasteiger partial charge in [-0.25, -0.2) is 0 Å². The number of nitrogens with zero attached hydrogens (tertiary/aromatic N) is 2. The highest BCUT2D eigenvalue weighted by Crippen LogP contribution is 2.18. The van der Waals surface area contributed by atoms with Gasteiger partial charge in [-0.3, -0.25) is 9.69 Å². The van der Waals surface area contributed by atoms with Gasteiger partial charge in [-0.1, -0.05) is 49.4 Å². The first-order valence-corrected chi connectivity index (χ1v) is 11.4. The zero-order valence-corrected chi connectivity index (χ0v) is 17.6. The van der Waals surface area contributed by atoms with Gasteiger partial charge >= 0.3 is 0 Å². The normalized spacial score (nSPS) is 14.8. The molecule has 1 saturated heterocycles. The summed E-state index contributed by atoms with van der Waals surface area (Å²) in [6, 6.07) is 19.1. The van der Waals surface area contributed by atoms with Crippen LogP contribution in [0.5, 0.6) is 0 Å². The van der Waals surface area contributed by atoms with E-state index in [2.05, 4.69) is 76.6 Å². The second-order valence-corrected chi connectivity index (χ2v) is 8.30. The smallest absolute Gasteiger partial charge is 0.230 e. The lowest BCUT2D eigenvalue weighted by Gasteiger charge is -2.36. The number of thioether (sulfide) groups is 1. The summed E-state index contributed by atoms with van der Waals surface area (Å²) in [6.45, 7) is 7.92. The molecular formula is C23H31N3OS. The molecule has 1 heterocycles. The molecule has 3 rings (SSSR count). The van der Waals surface area contributed by atoms with E-state index in [0.717, 1.165) is 44.9 Å². The molecule has 2 aromatic rings. The van der Waals surface area contributed by atoms with Crippen molar-refractivity contribution in [3.8, 4) is 0 Å². The van der Waals surface area contributed by atoms with Crippen molar-refractivity contribution in [2.45, 2.75) is 26.4 Å². The second kappa shape index (κ2) is 11.1. The Morgan fingerprint density at radius 1 is 0.964 bits per heavy atom. The number of para-hydroxylation sites is 1. The summed E-state index contributed by atoms with van der Waals surface area (Å²) in [7, 11) is 0. The maximum atomic E-state index is 12.0. The Morgan fingerprint density at radius 3 is 2.36 bits per heavy atom. The number of carbonyl (C=O) groups is 1. The molecule has 0 unspecified atom stereocenters. The summed E-state index contributed by atoms with van der Waals surface area (Å²) in [6.07, 6.45) is 1.11. The maximum absolute atomic E-state index is 12.0. The minimum atomic E-state index is 0.129. The molecule has 1 N–H and O–H groups in total.